The Kier molecular flexibility index (Phi) is 2.83. The van der Waals surface area contributed by atoms with Gasteiger partial charge < -0.3 is 14.4 Å². The molecule has 7 heteroatoms. The van der Waals surface area contributed by atoms with E-state index in [1.54, 1.807) is 0 Å². The molecule has 0 aromatic rings. The van der Waals surface area contributed by atoms with Gasteiger partial charge >= 0.3 is 15.0 Å². The third-order valence-electron chi connectivity index (χ3n) is 0.744. The number of alkyl halides is 3. The van der Waals surface area contributed by atoms with E-state index in [-0.39, 0.29) is 0 Å². The quantitative estimate of drug-likeness (QED) is 0.513. The van der Waals surface area contributed by atoms with Crippen LogP contribution in [0.25, 0.3) is 0 Å². The van der Waals surface area contributed by atoms with Crippen LogP contribution in [0.3, 0.4) is 0 Å². The highest BCUT2D eigenvalue weighted by molar-refractivity contribution is 6.56. The van der Waals surface area contributed by atoms with Crippen molar-refractivity contribution in [2.45, 2.75) is 18.6 Å². The van der Waals surface area contributed by atoms with Gasteiger partial charge in [0.25, 0.3) is 0 Å². The molecular weight excluding hydrogens is 169 g/mol. The van der Waals surface area contributed by atoms with Crippen LogP contribution in [0.5, 0.6) is 0 Å². The monoisotopic (exact) mass is 176 g/mol. The first-order chi connectivity index (χ1) is 4.21. The SMILES string of the molecule is O[Si](O)(O)CCC(F)(F)F. The number of halogens is 3. The largest absolute Gasteiger partial charge is 0.493 e. The summed E-state index contributed by atoms with van der Waals surface area (Å²) >= 11 is 0. The van der Waals surface area contributed by atoms with E-state index in [2.05, 4.69) is 0 Å². The van der Waals surface area contributed by atoms with Crippen LogP contribution in [0, 0.1) is 0 Å². The van der Waals surface area contributed by atoms with Crippen molar-refractivity contribution < 1.29 is 27.6 Å². The second-order valence-corrected chi connectivity index (χ2v) is 3.94. The van der Waals surface area contributed by atoms with Gasteiger partial charge in [-0.15, -0.1) is 0 Å². The van der Waals surface area contributed by atoms with Crippen molar-refractivity contribution in [1.82, 2.24) is 0 Å². The fraction of sp³-hybridized carbons (Fsp3) is 1.00. The molecule has 0 unspecified atom stereocenters. The Morgan fingerprint density at radius 2 is 1.50 bits per heavy atom. The van der Waals surface area contributed by atoms with Crippen LogP contribution < -0.4 is 0 Å². The molecular formula is C3H7F3O3Si. The summed E-state index contributed by atoms with van der Waals surface area (Å²) in [5, 5.41) is 0. The number of rotatable bonds is 2. The molecule has 0 spiro atoms. The van der Waals surface area contributed by atoms with Crippen molar-refractivity contribution >= 4 is 8.80 Å². The van der Waals surface area contributed by atoms with Crippen molar-refractivity contribution in [1.29, 1.82) is 0 Å². The minimum absolute atomic E-state index is 0.990. The predicted molar refractivity (Wildman–Crippen MR) is 27.9 cm³/mol. The minimum atomic E-state index is -4.49. The lowest BCUT2D eigenvalue weighted by atomic mass is 10.5. The average Bonchev–Trinajstić information content (AvgIpc) is 1.57. The van der Waals surface area contributed by atoms with Crippen LogP contribution in [0.1, 0.15) is 6.42 Å². The summed E-state index contributed by atoms with van der Waals surface area (Å²) in [6.45, 7) is 0. The van der Waals surface area contributed by atoms with Crippen LogP contribution in [0.2, 0.25) is 6.04 Å². The molecule has 0 aromatic carbocycles. The third-order valence-corrected chi connectivity index (χ3v) is 1.66. The molecule has 62 valence electrons. The highest BCUT2D eigenvalue weighted by atomic mass is 28.4. The van der Waals surface area contributed by atoms with Gasteiger partial charge in [-0.1, -0.05) is 0 Å². The Hall–Kier alpha value is -0.113. The normalized spacial score (nSPS) is 13.8. The van der Waals surface area contributed by atoms with Gasteiger partial charge in [-0.05, 0) is 0 Å². The van der Waals surface area contributed by atoms with Gasteiger partial charge in [-0.2, -0.15) is 13.2 Å². The summed E-state index contributed by atoms with van der Waals surface area (Å²) < 4.78 is 33.8. The summed E-state index contributed by atoms with van der Waals surface area (Å²) in [5.74, 6) is 0. The lowest BCUT2D eigenvalue weighted by Crippen LogP contribution is -2.35. The second-order valence-electron chi connectivity index (χ2n) is 1.89. The van der Waals surface area contributed by atoms with Crippen molar-refractivity contribution in [3.05, 3.63) is 0 Å². The van der Waals surface area contributed by atoms with Crippen molar-refractivity contribution in [3.63, 3.8) is 0 Å². The average molecular weight is 176 g/mol. The second kappa shape index (κ2) is 2.87. The molecule has 0 amide bonds. The van der Waals surface area contributed by atoms with Crippen molar-refractivity contribution in [2.24, 2.45) is 0 Å². The highest BCUT2D eigenvalue weighted by Crippen LogP contribution is 2.23. The summed E-state index contributed by atoms with van der Waals surface area (Å²) in [7, 11) is -4.49. The standard InChI is InChI=1S/C3H7F3O3Si/c4-3(5,6)1-2-10(7,8)9/h7-9H,1-2H2. The van der Waals surface area contributed by atoms with Crippen LogP contribution in [0.15, 0.2) is 0 Å². The summed E-state index contributed by atoms with van der Waals surface area (Å²) in [5.41, 5.74) is 0. The van der Waals surface area contributed by atoms with E-state index in [1.165, 1.54) is 0 Å². The molecule has 0 rings (SSSR count). The Bertz CT molecular complexity index is 92.5. The Balaban J connectivity index is 3.56. The number of hydrogen-bond acceptors (Lipinski definition) is 3. The van der Waals surface area contributed by atoms with Crippen molar-refractivity contribution in [3.8, 4) is 0 Å². The molecule has 0 aliphatic rings. The summed E-state index contributed by atoms with van der Waals surface area (Å²) in [4.78, 5) is 24.4. The lowest BCUT2D eigenvalue weighted by Gasteiger charge is -2.10. The maximum atomic E-state index is 11.3. The molecule has 0 saturated heterocycles. The van der Waals surface area contributed by atoms with Gasteiger partial charge in [0, 0.05) is 12.5 Å². The first kappa shape index (κ1) is 9.89. The maximum absolute atomic E-state index is 11.3. The maximum Gasteiger partial charge on any atom is 0.493 e. The third kappa shape index (κ3) is 7.89. The minimum Gasteiger partial charge on any atom is -0.390 e. The highest BCUT2D eigenvalue weighted by Gasteiger charge is 2.35. The van der Waals surface area contributed by atoms with E-state index in [0.717, 1.165) is 0 Å². The molecule has 0 aliphatic heterocycles. The van der Waals surface area contributed by atoms with E-state index in [1.807, 2.05) is 0 Å². The fourth-order valence-corrected chi connectivity index (χ4v) is 0.928. The molecule has 0 aliphatic carbocycles. The van der Waals surface area contributed by atoms with E-state index >= 15 is 0 Å². The molecule has 0 fully saturated rings. The Morgan fingerprint density at radius 3 is 1.60 bits per heavy atom. The summed E-state index contributed by atoms with van der Waals surface area (Å²) in [6, 6.07) is -0.990. The van der Waals surface area contributed by atoms with Gasteiger partial charge in [0.2, 0.25) is 0 Å². The van der Waals surface area contributed by atoms with Crippen LogP contribution in [-0.2, 0) is 0 Å². The van der Waals surface area contributed by atoms with Gasteiger partial charge in [-0.3, -0.25) is 0 Å². The molecule has 0 bridgehead atoms. The van der Waals surface area contributed by atoms with Gasteiger partial charge in [0.15, 0.2) is 0 Å². The van der Waals surface area contributed by atoms with E-state index in [0.29, 0.717) is 0 Å². The van der Waals surface area contributed by atoms with Crippen LogP contribution in [-0.4, -0.2) is 29.4 Å². The number of hydrogen-bond donors (Lipinski definition) is 3. The van der Waals surface area contributed by atoms with Gasteiger partial charge in [-0.25, -0.2) is 0 Å². The molecule has 10 heavy (non-hydrogen) atoms. The van der Waals surface area contributed by atoms with E-state index < -0.39 is 27.4 Å². The molecule has 0 aromatic heterocycles. The summed E-state index contributed by atoms with van der Waals surface area (Å²) in [6.07, 6.45) is -5.80. The molecule has 3 N–H and O–H groups in total. The Labute approximate surface area is 56.1 Å². The van der Waals surface area contributed by atoms with Gasteiger partial charge in [0.1, 0.15) is 0 Å². The predicted octanol–water partition coefficient (Wildman–Crippen LogP) is -0.145. The topological polar surface area (TPSA) is 60.7 Å². The molecule has 0 atom stereocenters. The van der Waals surface area contributed by atoms with Gasteiger partial charge in [0.05, 0.1) is 0 Å². The Morgan fingerprint density at radius 1 is 1.10 bits per heavy atom. The fourth-order valence-electron chi connectivity index (χ4n) is 0.309. The van der Waals surface area contributed by atoms with E-state index in [4.69, 9.17) is 14.4 Å². The zero-order chi connectivity index (χ0) is 8.41. The first-order valence-corrected chi connectivity index (χ1v) is 4.49. The van der Waals surface area contributed by atoms with Crippen LogP contribution >= 0.6 is 0 Å². The lowest BCUT2D eigenvalue weighted by molar-refractivity contribution is -0.132. The zero-order valence-corrected chi connectivity index (χ0v) is 5.89. The molecule has 0 radical (unpaired) electrons. The first-order valence-electron chi connectivity index (χ1n) is 2.44. The zero-order valence-electron chi connectivity index (χ0n) is 4.89. The van der Waals surface area contributed by atoms with Crippen LogP contribution in [0.4, 0.5) is 13.2 Å². The molecule has 0 heterocycles. The van der Waals surface area contributed by atoms with Crippen molar-refractivity contribution in [2.75, 3.05) is 0 Å². The molecule has 3 nitrogen and oxygen atoms in total. The van der Waals surface area contributed by atoms with E-state index in [9.17, 15) is 13.2 Å². The molecule has 0 saturated carbocycles. The smallest absolute Gasteiger partial charge is 0.390 e.